The Morgan fingerprint density at radius 2 is 1.73 bits per heavy atom. The summed E-state index contributed by atoms with van der Waals surface area (Å²) >= 11 is 5.83. The van der Waals surface area contributed by atoms with E-state index in [-0.39, 0.29) is 22.0 Å². The number of rotatable bonds is 9. The third kappa shape index (κ3) is 8.08. The van der Waals surface area contributed by atoms with Crippen LogP contribution in [0.15, 0.2) is 53.3 Å². The summed E-state index contributed by atoms with van der Waals surface area (Å²) in [5.74, 6) is -2.21. The fourth-order valence-electron chi connectivity index (χ4n) is 3.63. The van der Waals surface area contributed by atoms with Gasteiger partial charge in [-0.05, 0) is 42.0 Å². The first kappa shape index (κ1) is 31.2. The molecule has 0 aliphatic carbocycles. The van der Waals surface area contributed by atoms with Gasteiger partial charge in [-0.2, -0.15) is 26.3 Å². The standard InChI is InChI=1S/C23H21ClF6N4O5S/c1-40(38,39)12-17(14-3-2-4-15(9-14)22(25,26)27)31-19(36)11-34-21(37)33(10-18(35)23(28,29)30)20(32-34)13-5-7-16(24)8-6-13/h2-9,17-18,35H,10-12H2,1H3,(H,31,36). The maximum atomic E-state index is 13.2. The number of nitrogens with one attached hydrogen (secondary N) is 1. The summed E-state index contributed by atoms with van der Waals surface area (Å²) < 4.78 is 103. The van der Waals surface area contributed by atoms with Crippen LogP contribution in [0.3, 0.4) is 0 Å². The summed E-state index contributed by atoms with van der Waals surface area (Å²) in [5, 5.41) is 16.0. The van der Waals surface area contributed by atoms with Gasteiger partial charge in [0.1, 0.15) is 16.4 Å². The van der Waals surface area contributed by atoms with Gasteiger partial charge in [-0.3, -0.25) is 9.36 Å². The minimum atomic E-state index is -5.08. The van der Waals surface area contributed by atoms with Gasteiger partial charge in [-0.15, -0.1) is 5.10 Å². The van der Waals surface area contributed by atoms with Crippen molar-refractivity contribution in [1.29, 1.82) is 0 Å². The lowest BCUT2D eigenvalue weighted by Gasteiger charge is -2.19. The molecule has 1 amide bonds. The Kier molecular flexibility index (Phi) is 9.06. The van der Waals surface area contributed by atoms with Crippen molar-refractivity contribution in [1.82, 2.24) is 19.7 Å². The predicted octanol–water partition coefficient (Wildman–Crippen LogP) is 3.21. The van der Waals surface area contributed by atoms with Crippen LogP contribution in [-0.4, -0.2) is 58.1 Å². The highest BCUT2D eigenvalue weighted by molar-refractivity contribution is 7.90. The zero-order valence-electron chi connectivity index (χ0n) is 20.4. The Morgan fingerprint density at radius 1 is 1.10 bits per heavy atom. The number of aliphatic hydroxyl groups excluding tert-OH is 1. The summed E-state index contributed by atoms with van der Waals surface area (Å²) in [6.45, 7) is -2.20. The molecule has 17 heteroatoms. The van der Waals surface area contributed by atoms with Gasteiger partial charge in [0, 0.05) is 16.8 Å². The van der Waals surface area contributed by atoms with E-state index in [0.29, 0.717) is 15.3 Å². The van der Waals surface area contributed by atoms with E-state index in [9.17, 15) is 49.5 Å². The number of aromatic nitrogens is 3. The number of halogens is 7. The van der Waals surface area contributed by atoms with Crippen LogP contribution < -0.4 is 11.0 Å². The van der Waals surface area contributed by atoms with Gasteiger partial charge in [-0.25, -0.2) is 17.9 Å². The molecule has 0 bridgehead atoms. The van der Waals surface area contributed by atoms with E-state index in [1.165, 1.54) is 30.3 Å². The second-order valence-corrected chi connectivity index (χ2v) is 11.4. The van der Waals surface area contributed by atoms with Gasteiger partial charge >= 0.3 is 18.0 Å². The average molecular weight is 615 g/mol. The van der Waals surface area contributed by atoms with Crippen molar-refractivity contribution < 1.29 is 44.7 Å². The Hall–Kier alpha value is -3.37. The minimum absolute atomic E-state index is 0.119. The van der Waals surface area contributed by atoms with Crippen LogP contribution in [0.1, 0.15) is 17.2 Å². The van der Waals surface area contributed by atoms with Crippen LogP contribution in [0.4, 0.5) is 26.3 Å². The molecular weight excluding hydrogens is 594 g/mol. The predicted molar refractivity (Wildman–Crippen MR) is 131 cm³/mol. The van der Waals surface area contributed by atoms with E-state index >= 15 is 0 Å². The number of hydrogen-bond acceptors (Lipinski definition) is 6. The molecule has 0 saturated carbocycles. The summed E-state index contributed by atoms with van der Waals surface area (Å²) in [5.41, 5.74) is -2.39. The van der Waals surface area contributed by atoms with Gasteiger partial charge in [0.25, 0.3) is 0 Å². The molecule has 1 aromatic heterocycles. The maximum Gasteiger partial charge on any atom is 0.416 e. The molecular formula is C23H21ClF6N4O5S. The molecule has 0 spiro atoms. The number of nitrogens with zero attached hydrogens (tertiary/aromatic N) is 3. The van der Waals surface area contributed by atoms with Gasteiger partial charge < -0.3 is 10.4 Å². The second kappa shape index (κ2) is 11.6. The Labute approximate surface area is 227 Å². The van der Waals surface area contributed by atoms with Crippen LogP contribution in [0.25, 0.3) is 11.4 Å². The first-order valence-electron chi connectivity index (χ1n) is 11.2. The van der Waals surface area contributed by atoms with E-state index in [1.807, 2.05) is 0 Å². The molecule has 2 aromatic carbocycles. The van der Waals surface area contributed by atoms with E-state index in [0.717, 1.165) is 18.4 Å². The Balaban J connectivity index is 1.96. The van der Waals surface area contributed by atoms with Crippen molar-refractivity contribution in [2.75, 3.05) is 12.0 Å². The molecule has 1 heterocycles. The quantitative estimate of drug-likeness (QED) is 0.357. The highest BCUT2D eigenvalue weighted by atomic mass is 35.5. The molecule has 0 aliphatic heterocycles. The molecule has 0 fully saturated rings. The molecule has 2 atom stereocenters. The summed E-state index contributed by atoms with van der Waals surface area (Å²) in [7, 11) is -3.85. The molecule has 3 aromatic rings. The van der Waals surface area contributed by atoms with Crippen LogP contribution in [0.5, 0.6) is 0 Å². The van der Waals surface area contributed by atoms with Gasteiger partial charge in [0.2, 0.25) is 5.91 Å². The zero-order chi connectivity index (χ0) is 30.0. The van der Waals surface area contributed by atoms with Crippen LogP contribution in [-0.2, 0) is 33.9 Å². The van der Waals surface area contributed by atoms with E-state index in [4.69, 9.17) is 11.6 Å². The zero-order valence-corrected chi connectivity index (χ0v) is 21.9. The molecule has 2 unspecified atom stereocenters. The fraction of sp³-hybridized carbons (Fsp3) is 0.348. The number of carbonyl (C=O) groups is 1. The maximum absolute atomic E-state index is 13.2. The van der Waals surface area contributed by atoms with Crippen LogP contribution in [0, 0.1) is 0 Å². The summed E-state index contributed by atoms with van der Waals surface area (Å²) in [6, 6.07) is 7.54. The SMILES string of the molecule is CS(=O)(=O)CC(NC(=O)Cn1nc(-c2ccc(Cl)cc2)n(CC(O)C(F)(F)F)c1=O)c1cccc(C(F)(F)F)c1. The first-order chi connectivity index (χ1) is 18.3. The molecule has 9 nitrogen and oxygen atoms in total. The number of amides is 1. The van der Waals surface area contributed by atoms with Crippen molar-refractivity contribution >= 4 is 27.3 Å². The average Bonchev–Trinajstić information content (AvgIpc) is 3.12. The number of sulfone groups is 1. The first-order valence-corrected chi connectivity index (χ1v) is 13.6. The highest BCUT2D eigenvalue weighted by Crippen LogP contribution is 2.31. The summed E-state index contributed by atoms with van der Waals surface area (Å²) in [6.07, 6.45) is -12.0. The monoisotopic (exact) mass is 614 g/mol. The molecule has 0 radical (unpaired) electrons. The lowest BCUT2D eigenvalue weighted by molar-refractivity contribution is -0.207. The highest BCUT2D eigenvalue weighted by Gasteiger charge is 2.39. The summed E-state index contributed by atoms with van der Waals surface area (Å²) in [4.78, 5) is 25.7. The van der Waals surface area contributed by atoms with Gasteiger partial charge in [0.05, 0.1) is 23.9 Å². The Morgan fingerprint density at radius 3 is 2.27 bits per heavy atom. The molecule has 218 valence electrons. The topological polar surface area (TPSA) is 123 Å². The number of aliphatic hydroxyl groups is 1. The number of benzene rings is 2. The number of hydrogen-bond donors (Lipinski definition) is 2. The number of carbonyl (C=O) groups excluding carboxylic acids is 1. The van der Waals surface area contributed by atoms with Crippen molar-refractivity contribution in [3.8, 4) is 11.4 Å². The Bertz CT molecular complexity index is 1530. The molecule has 3 rings (SSSR count). The lowest BCUT2D eigenvalue weighted by atomic mass is 10.0. The molecule has 2 N–H and O–H groups in total. The molecule has 0 saturated heterocycles. The van der Waals surface area contributed by atoms with Gasteiger partial charge in [0.15, 0.2) is 11.9 Å². The number of alkyl halides is 6. The normalized spacial score (nSPS) is 14.1. The molecule has 40 heavy (non-hydrogen) atoms. The van der Waals surface area contributed by atoms with Crippen LogP contribution in [0.2, 0.25) is 5.02 Å². The van der Waals surface area contributed by atoms with E-state index in [2.05, 4.69) is 10.4 Å². The smallest absolute Gasteiger partial charge is 0.382 e. The second-order valence-electron chi connectivity index (χ2n) is 8.77. The largest absolute Gasteiger partial charge is 0.416 e. The van der Waals surface area contributed by atoms with Crippen molar-refractivity contribution in [3.05, 3.63) is 75.2 Å². The van der Waals surface area contributed by atoms with Crippen molar-refractivity contribution in [2.24, 2.45) is 0 Å². The lowest BCUT2D eigenvalue weighted by Crippen LogP contribution is -2.40. The van der Waals surface area contributed by atoms with Crippen molar-refractivity contribution in [2.45, 2.75) is 37.6 Å². The van der Waals surface area contributed by atoms with E-state index < -0.39 is 70.3 Å². The van der Waals surface area contributed by atoms with Gasteiger partial charge in [-0.1, -0.05) is 23.7 Å². The fourth-order valence-corrected chi connectivity index (χ4v) is 4.64. The third-order valence-corrected chi connectivity index (χ3v) is 6.66. The molecule has 0 aliphatic rings. The van der Waals surface area contributed by atoms with Crippen LogP contribution >= 0.6 is 11.6 Å². The third-order valence-electron chi connectivity index (χ3n) is 5.47. The van der Waals surface area contributed by atoms with E-state index in [1.54, 1.807) is 0 Å². The van der Waals surface area contributed by atoms with Crippen molar-refractivity contribution in [3.63, 3.8) is 0 Å². The minimum Gasteiger partial charge on any atom is -0.382 e.